The van der Waals surface area contributed by atoms with Crippen molar-refractivity contribution in [3.63, 3.8) is 0 Å². The lowest BCUT2D eigenvalue weighted by molar-refractivity contribution is -0.137. The van der Waals surface area contributed by atoms with E-state index in [1.54, 1.807) is 21.9 Å². The summed E-state index contributed by atoms with van der Waals surface area (Å²) in [6.07, 6.45) is -1.44. The van der Waals surface area contributed by atoms with Gasteiger partial charge in [0.1, 0.15) is 12.0 Å². The number of hydrogen-bond acceptors (Lipinski definition) is 4. The maximum absolute atomic E-state index is 15.2. The Bertz CT molecular complexity index is 897. The fraction of sp³-hybridized carbons (Fsp3) is 0.476. The number of carbonyl (C=O) groups excluding carboxylic acids is 1. The number of halogens is 4. The lowest BCUT2D eigenvalue weighted by Gasteiger charge is -2.41. The van der Waals surface area contributed by atoms with E-state index in [9.17, 15) is 18.0 Å². The Morgan fingerprint density at radius 1 is 1.10 bits per heavy atom. The van der Waals surface area contributed by atoms with E-state index in [0.717, 1.165) is 30.8 Å². The average Bonchev–Trinajstić information content (AvgIpc) is 3.54. The summed E-state index contributed by atoms with van der Waals surface area (Å²) in [6.45, 7) is 2.22. The number of pyridine rings is 2. The molecular weight excluding hydrogens is 400 g/mol. The molecule has 0 radical (unpaired) electrons. The monoisotopic (exact) mass is 422 g/mol. The van der Waals surface area contributed by atoms with Gasteiger partial charge in [-0.25, -0.2) is 9.37 Å². The number of piperidine rings is 1. The zero-order chi connectivity index (χ0) is 21.5. The molecule has 9 heteroatoms. The highest BCUT2D eigenvalue weighted by atomic mass is 19.4. The molecule has 0 aromatic carbocycles. The number of aryl methyl sites for hydroxylation is 1. The second kappa shape index (κ2) is 7.85. The van der Waals surface area contributed by atoms with E-state index < -0.39 is 24.0 Å². The van der Waals surface area contributed by atoms with Crippen molar-refractivity contribution in [2.75, 3.05) is 18.0 Å². The van der Waals surface area contributed by atoms with Gasteiger partial charge in [-0.2, -0.15) is 13.2 Å². The van der Waals surface area contributed by atoms with Crippen LogP contribution in [0.1, 0.15) is 40.9 Å². The van der Waals surface area contributed by atoms with E-state index in [4.69, 9.17) is 0 Å². The quantitative estimate of drug-likeness (QED) is 0.699. The third-order valence-electron chi connectivity index (χ3n) is 5.60. The van der Waals surface area contributed by atoms with Crippen molar-refractivity contribution in [1.29, 1.82) is 0 Å². The summed E-state index contributed by atoms with van der Waals surface area (Å²) >= 11 is 0. The molecule has 2 atom stereocenters. The molecule has 2 aromatic heterocycles. The Balaban J connectivity index is 1.47. The fourth-order valence-corrected chi connectivity index (χ4v) is 3.84. The summed E-state index contributed by atoms with van der Waals surface area (Å²) in [6, 6.07) is 5.12. The van der Waals surface area contributed by atoms with Crippen LogP contribution in [0.3, 0.4) is 0 Å². The van der Waals surface area contributed by atoms with Crippen molar-refractivity contribution in [2.45, 2.75) is 50.6 Å². The molecule has 2 aliphatic rings. The van der Waals surface area contributed by atoms with Crippen LogP contribution in [-0.4, -0.2) is 52.1 Å². The highest BCUT2D eigenvalue weighted by molar-refractivity contribution is 5.94. The Kier molecular flexibility index (Phi) is 5.38. The SMILES string of the molecule is Cc1ccc(C(=O)N(C2CC2)C2CCN(c3ccc(C(F)(F)F)cn3)CC2F)cn1. The van der Waals surface area contributed by atoms with Gasteiger partial charge in [-0.05, 0) is 50.5 Å². The lowest BCUT2D eigenvalue weighted by Crippen LogP contribution is -2.55. The van der Waals surface area contributed by atoms with Crippen LogP contribution < -0.4 is 4.90 Å². The molecule has 0 N–H and O–H groups in total. The maximum Gasteiger partial charge on any atom is 0.417 e. The molecule has 1 saturated heterocycles. The summed E-state index contributed by atoms with van der Waals surface area (Å²) in [4.78, 5) is 24.4. The normalized spacial score (nSPS) is 22.1. The first kappa shape index (κ1) is 20.6. The number of amides is 1. The first-order valence-electron chi connectivity index (χ1n) is 9.91. The third-order valence-corrected chi connectivity index (χ3v) is 5.60. The van der Waals surface area contributed by atoms with Crippen LogP contribution in [0.2, 0.25) is 0 Å². The number of anilines is 1. The van der Waals surface area contributed by atoms with Crippen LogP contribution in [-0.2, 0) is 6.18 Å². The standard InChI is InChI=1S/C21H22F4N4O/c1-13-2-3-14(10-26-13)20(30)29(16-5-6-16)18-8-9-28(12-17(18)22)19-7-4-15(11-27-19)21(23,24)25/h2-4,7,10-11,16-18H,5-6,8-9,12H2,1H3. The van der Waals surface area contributed by atoms with Crippen molar-refractivity contribution in [2.24, 2.45) is 0 Å². The minimum absolute atomic E-state index is 0.0221. The summed E-state index contributed by atoms with van der Waals surface area (Å²) in [5.41, 5.74) is 0.395. The maximum atomic E-state index is 15.2. The summed E-state index contributed by atoms with van der Waals surface area (Å²) in [5.74, 6) is 0.0786. The van der Waals surface area contributed by atoms with Crippen LogP contribution >= 0.6 is 0 Å². The van der Waals surface area contributed by atoms with Crippen molar-refractivity contribution in [1.82, 2.24) is 14.9 Å². The van der Waals surface area contributed by atoms with Gasteiger partial charge in [-0.15, -0.1) is 0 Å². The van der Waals surface area contributed by atoms with Crippen molar-refractivity contribution >= 4 is 11.7 Å². The van der Waals surface area contributed by atoms with Gasteiger partial charge in [-0.3, -0.25) is 9.78 Å². The Morgan fingerprint density at radius 3 is 2.40 bits per heavy atom. The van der Waals surface area contributed by atoms with Gasteiger partial charge in [0.15, 0.2) is 0 Å². The highest BCUT2D eigenvalue weighted by Crippen LogP contribution is 2.35. The van der Waals surface area contributed by atoms with Gasteiger partial charge in [0.2, 0.25) is 0 Å². The first-order valence-corrected chi connectivity index (χ1v) is 9.91. The van der Waals surface area contributed by atoms with Crippen molar-refractivity contribution in [3.05, 3.63) is 53.5 Å². The van der Waals surface area contributed by atoms with Gasteiger partial charge < -0.3 is 9.80 Å². The molecular formula is C21H22F4N4O. The summed E-state index contributed by atoms with van der Waals surface area (Å²) in [7, 11) is 0. The van der Waals surface area contributed by atoms with Crippen LogP contribution in [0.4, 0.5) is 23.4 Å². The van der Waals surface area contributed by atoms with E-state index >= 15 is 4.39 Å². The van der Waals surface area contributed by atoms with E-state index in [1.165, 1.54) is 12.3 Å². The highest BCUT2D eigenvalue weighted by Gasteiger charge is 2.43. The predicted octanol–water partition coefficient (Wildman–Crippen LogP) is 4.03. The number of nitrogens with zero attached hydrogens (tertiary/aromatic N) is 4. The Labute approximate surface area is 171 Å². The average molecular weight is 422 g/mol. The van der Waals surface area contributed by atoms with Gasteiger partial charge in [0.25, 0.3) is 5.91 Å². The Hall–Kier alpha value is -2.71. The zero-order valence-corrected chi connectivity index (χ0v) is 16.4. The largest absolute Gasteiger partial charge is 0.417 e. The second-order valence-corrected chi connectivity index (χ2v) is 7.85. The molecule has 160 valence electrons. The van der Waals surface area contributed by atoms with E-state index in [2.05, 4.69) is 9.97 Å². The van der Waals surface area contributed by atoms with Gasteiger partial charge in [-0.1, -0.05) is 0 Å². The number of rotatable bonds is 4. The van der Waals surface area contributed by atoms with Crippen LogP contribution in [0.5, 0.6) is 0 Å². The minimum atomic E-state index is -4.46. The molecule has 30 heavy (non-hydrogen) atoms. The molecule has 1 saturated carbocycles. The molecule has 1 aliphatic carbocycles. The van der Waals surface area contributed by atoms with Gasteiger partial charge in [0.05, 0.1) is 23.7 Å². The molecule has 0 bridgehead atoms. The molecule has 0 spiro atoms. The molecule has 1 aliphatic heterocycles. The molecule has 1 amide bonds. The van der Waals surface area contributed by atoms with E-state index in [0.29, 0.717) is 24.3 Å². The molecule has 3 heterocycles. The number of alkyl halides is 4. The van der Waals surface area contributed by atoms with Crippen molar-refractivity contribution in [3.8, 4) is 0 Å². The Morgan fingerprint density at radius 2 is 1.87 bits per heavy atom. The molecule has 4 rings (SSSR count). The topological polar surface area (TPSA) is 49.3 Å². The van der Waals surface area contributed by atoms with Gasteiger partial charge >= 0.3 is 6.18 Å². The van der Waals surface area contributed by atoms with Crippen LogP contribution in [0.25, 0.3) is 0 Å². The fourth-order valence-electron chi connectivity index (χ4n) is 3.84. The third kappa shape index (κ3) is 4.24. The summed E-state index contributed by atoms with van der Waals surface area (Å²) in [5, 5.41) is 0. The number of aromatic nitrogens is 2. The second-order valence-electron chi connectivity index (χ2n) is 7.85. The molecule has 5 nitrogen and oxygen atoms in total. The summed E-state index contributed by atoms with van der Waals surface area (Å²) < 4.78 is 53.4. The number of hydrogen-bond donors (Lipinski definition) is 0. The smallest absolute Gasteiger partial charge is 0.354 e. The molecule has 2 aromatic rings. The van der Waals surface area contributed by atoms with E-state index in [1.807, 2.05) is 6.92 Å². The lowest BCUT2D eigenvalue weighted by atomic mass is 9.99. The predicted molar refractivity (Wildman–Crippen MR) is 103 cm³/mol. The molecule has 2 unspecified atom stereocenters. The minimum Gasteiger partial charge on any atom is -0.354 e. The van der Waals surface area contributed by atoms with E-state index in [-0.39, 0.29) is 18.5 Å². The van der Waals surface area contributed by atoms with Crippen molar-refractivity contribution < 1.29 is 22.4 Å². The number of carbonyl (C=O) groups is 1. The van der Waals surface area contributed by atoms with Crippen LogP contribution in [0, 0.1) is 6.92 Å². The zero-order valence-electron chi connectivity index (χ0n) is 16.4. The first-order chi connectivity index (χ1) is 14.2. The van der Waals surface area contributed by atoms with Gasteiger partial charge in [0, 0.05) is 30.7 Å². The molecule has 2 fully saturated rings. The van der Waals surface area contributed by atoms with Crippen LogP contribution in [0.15, 0.2) is 36.7 Å².